The molecule has 0 unspecified atom stereocenters. The van der Waals surface area contributed by atoms with E-state index in [4.69, 9.17) is 0 Å². The van der Waals surface area contributed by atoms with E-state index >= 15 is 0 Å². The fraction of sp³-hybridized carbons (Fsp3) is 0. The van der Waals surface area contributed by atoms with E-state index in [1.165, 1.54) is 70.9 Å². The molecule has 0 atom stereocenters. The highest BCUT2D eigenvalue weighted by atomic mass is 15.2. The maximum absolute atomic E-state index is 2.38. The Morgan fingerprint density at radius 1 is 0.152 bits per heavy atom. The summed E-state index contributed by atoms with van der Waals surface area (Å²) in [5.74, 6) is 0. The predicted molar refractivity (Wildman–Crippen MR) is 337 cm³/mol. The molecule has 0 fully saturated rings. The fourth-order valence-corrected chi connectivity index (χ4v) is 11.5. The molecular formula is C76H53N3. The SMILES string of the molecule is c1ccc(-c2ccc(N(c3ccc(-c4ccc(-c5ccc(N(c6ccccc6)c6cccc7ccccc67)cc5)cc4)cc3)c3ccc4c(ccc5cc(N(c6ccccc6)c6cccc7ccccc67)ccc54)c3)cc2)cc1. The van der Waals surface area contributed by atoms with Gasteiger partial charge in [-0.25, -0.2) is 0 Å². The lowest BCUT2D eigenvalue weighted by Gasteiger charge is -2.27. The smallest absolute Gasteiger partial charge is 0.0540 e. The molecule has 0 amide bonds. The summed E-state index contributed by atoms with van der Waals surface area (Å²) in [5, 5.41) is 9.68. The summed E-state index contributed by atoms with van der Waals surface area (Å²) < 4.78 is 0. The standard InChI is InChI=1S/C76H53N3/c1-4-16-54(17-5-1)57-36-42-66(43-37-57)77(69-48-50-71-62(52-69)34-35-63-53-70(49-51-72(63)71)79(65-24-8-3-9-25-65)76-29-15-21-61-19-11-13-27-74(61)76)67-44-38-58(39-45-67)55-30-32-56(33-31-55)59-40-46-68(47-41-59)78(64-22-6-2-7-23-64)75-28-14-20-60-18-10-12-26-73(60)75/h1-53H. The van der Waals surface area contributed by atoms with Gasteiger partial charge in [0.2, 0.25) is 0 Å². The number of rotatable bonds is 12. The maximum Gasteiger partial charge on any atom is 0.0540 e. The first-order valence-electron chi connectivity index (χ1n) is 27.1. The first-order chi connectivity index (χ1) is 39.2. The Morgan fingerprint density at radius 2 is 0.443 bits per heavy atom. The minimum Gasteiger partial charge on any atom is -0.310 e. The summed E-state index contributed by atoms with van der Waals surface area (Å²) in [5.41, 5.74) is 17.1. The number of hydrogen-bond donors (Lipinski definition) is 0. The Kier molecular flexibility index (Phi) is 12.2. The van der Waals surface area contributed by atoms with Crippen LogP contribution in [0.2, 0.25) is 0 Å². The van der Waals surface area contributed by atoms with E-state index in [0.717, 1.165) is 56.7 Å². The average molecular weight is 1010 g/mol. The molecule has 0 bridgehead atoms. The van der Waals surface area contributed by atoms with Crippen LogP contribution in [0.25, 0.3) is 76.5 Å². The largest absolute Gasteiger partial charge is 0.310 e. The topological polar surface area (TPSA) is 9.72 Å². The highest BCUT2D eigenvalue weighted by molar-refractivity contribution is 6.10. The number of fused-ring (bicyclic) bond motifs is 5. The Labute approximate surface area is 461 Å². The van der Waals surface area contributed by atoms with Gasteiger partial charge in [0.1, 0.15) is 0 Å². The fourth-order valence-electron chi connectivity index (χ4n) is 11.5. The van der Waals surface area contributed by atoms with Gasteiger partial charge in [-0.15, -0.1) is 0 Å². The van der Waals surface area contributed by atoms with Gasteiger partial charge in [0.15, 0.2) is 0 Å². The lowest BCUT2D eigenvalue weighted by atomic mass is 9.98. The summed E-state index contributed by atoms with van der Waals surface area (Å²) in [6.45, 7) is 0. The molecule has 0 heterocycles. The highest BCUT2D eigenvalue weighted by Crippen LogP contribution is 2.44. The van der Waals surface area contributed by atoms with Crippen molar-refractivity contribution in [2.24, 2.45) is 0 Å². The second kappa shape index (κ2) is 20.6. The Bertz CT molecular complexity index is 4430. The average Bonchev–Trinajstić information content (AvgIpc) is 3.66. The van der Waals surface area contributed by atoms with Gasteiger partial charge in [-0.2, -0.15) is 0 Å². The van der Waals surface area contributed by atoms with Gasteiger partial charge in [-0.3, -0.25) is 0 Å². The van der Waals surface area contributed by atoms with E-state index in [-0.39, 0.29) is 0 Å². The van der Waals surface area contributed by atoms with E-state index < -0.39 is 0 Å². The molecule has 0 aliphatic rings. The van der Waals surface area contributed by atoms with Crippen LogP contribution in [0.15, 0.2) is 322 Å². The van der Waals surface area contributed by atoms with Crippen molar-refractivity contribution >= 4 is 94.3 Å². The van der Waals surface area contributed by atoms with Crippen LogP contribution in [0.1, 0.15) is 0 Å². The van der Waals surface area contributed by atoms with Gasteiger partial charge in [0.05, 0.1) is 11.4 Å². The molecule has 3 nitrogen and oxygen atoms in total. The summed E-state index contributed by atoms with van der Waals surface area (Å²) in [6, 6.07) is 116. The van der Waals surface area contributed by atoms with Crippen molar-refractivity contribution in [3.05, 3.63) is 322 Å². The summed E-state index contributed by atoms with van der Waals surface area (Å²) in [4.78, 5) is 7.10. The minimum atomic E-state index is 1.08. The third-order valence-electron chi connectivity index (χ3n) is 15.4. The van der Waals surface area contributed by atoms with Gasteiger partial charge in [-0.1, -0.05) is 224 Å². The second-order valence-electron chi connectivity index (χ2n) is 20.1. The monoisotopic (exact) mass is 1010 g/mol. The predicted octanol–water partition coefficient (Wildman–Crippen LogP) is 21.7. The number of anilines is 9. The summed E-state index contributed by atoms with van der Waals surface area (Å²) in [6.07, 6.45) is 0. The number of para-hydroxylation sites is 2. The van der Waals surface area contributed by atoms with Crippen molar-refractivity contribution < 1.29 is 0 Å². The van der Waals surface area contributed by atoms with Crippen LogP contribution in [-0.2, 0) is 0 Å². The Hall–Kier alpha value is -10.5. The summed E-state index contributed by atoms with van der Waals surface area (Å²) >= 11 is 0. The zero-order chi connectivity index (χ0) is 52.5. The molecule has 0 aliphatic heterocycles. The molecule has 14 aromatic carbocycles. The minimum absolute atomic E-state index is 1.08. The highest BCUT2D eigenvalue weighted by Gasteiger charge is 2.19. The zero-order valence-corrected chi connectivity index (χ0v) is 43.4. The molecule has 0 aliphatic carbocycles. The Morgan fingerprint density at radius 3 is 0.873 bits per heavy atom. The number of benzene rings is 14. The van der Waals surface area contributed by atoms with Gasteiger partial charge in [0.25, 0.3) is 0 Å². The molecule has 0 saturated heterocycles. The summed E-state index contributed by atoms with van der Waals surface area (Å²) in [7, 11) is 0. The number of nitrogens with zero attached hydrogens (tertiary/aromatic N) is 3. The van der Waals surface area contributed by atoms with E-state index in [1.807, 2.05) is 0 Å². The van der Waals surface area contributed by atoms with Crippen LogP contribution < -0.4 is 14.7 Å². The van der Waals surface area contributed by atoms with Crippen LogP contribution in [-0.4, -0.2) is 0 Å². The lowest BCUT2D eigenvalue weighted by Crippen LogP contribution is -2.10. The van der Waals surface area contributed by atoms with Crippen molar-refractivity contribution in [2.75, 3.05) is 14.7 Å². The van der Waals surface area contributed by atoms with Crippen molar-refractivity contribution in [3.63, 3.8) is 0 Å². The van der Waals surface area contributed by atoms with Crippen molar-refractivity contribution in [1.29, 1.82) is 0 Å². The molecule has 0 saturated carbocycles. The van der Waals surface area contributed by atoms with E-state index in [9.17, 15) is 0 Å². The molecule has 3 heteroatoms. The quantitative estimate of drug-likeness (QED) is 0.113. The van der Waals surface area contributed by atoms with Gasteiger partial charge >= 0.3 is 0 Å². The Balaban J connectivity index is 0.773. The van der Waals surface area contributed by atoms with Gasteiger partial charge < -0.3 is 14.7 Å². The molecule has 0 radical (unpaired) electrons. The van der Waals surface area contributed by atoms with Crippen LogP contribution in [0.5, 0.6) is 0 Å². The lowest BCUT2D eigenvalue weighted by molar-refractivity contribution is 1.29. The molecule has 0 aromatic heterocycles. The normalized spacial score (nSPS) is 11.3. The molecular weight excluding hydrogens is 955 g/mol. The third-order valence-corrected chi connectivity index (χ3v) is 15.4. The number of hydrogen-bond acceptors (Lipinski definition) is 3. The zero-order valence-electron chi connectivity index (χ0n) is 43.4. The van der Waals surface area contributed by atoms with Gasteiger partial charge in [0, 0.05) is 50.6 Å². The van der Waals surface area contributed by atoms with E-state index in [2.05, 4.69) is 336 Å². The molecule has 79 heavy (non-hydrogen) atoms. The second-order valence-corrected chi connectivity index (χ2v) is 20.1. The van der Waals surface area contributed by atoms with Crippen LogP contribution in [0.4, 0.5) is 51.2 Å². The van der Waals surface area contributed by atoms with Crippen LogP contribution in [0, 0.1) is 0 Å². The van der Waals surface area contributed by atoms with Crippen molar-refractivity contribution in [3.8, 4) is 33.4 Å². The first kappa shape index (κ1) is 47.0. The van der Waals surface area contributed by atoms with Crippen molar-refractivity contribution in [2.45, 2.75) is 0 Å². The molecule has 14 rings (SSSR count). The van der Waals surface area contributed by atoms with Crippen LogP contribution >= 0.6 is 0 Å². The third kappa shape index (κ3) is 9.10. The van der Waals surface area contributed by atoms with Gasteiger partial charge in [-0.05, 0) is 163 Å². The van der Waals surface area contributed by atoms with Crippen LogP contribution in [0.3, 0.4) is 0 Å². The maximum atomic E-state index is 2.38. The van der Waals surface area contributed by atoms with E-state index in [1.54, 1.807) is 0 Å². The molecule has 0 N–H and O–H groups in total. The van der Waals surface area contributed by atoms with Crippen molar-refractivity contribution in [1.82, 2.24) is 0 Å². The van der Waals surface area contributed by atoms with E-state index in [0.29, 0.717) is 0 Å². The molecule has 0 spiro atoms. The first-order valence-corrected chi connectivity index (χ1v) is 27.1. The molecule has 372 valence electrons. The molecule has 14 aromatic rings.